The van der Waals surface area contributed by atoms with Crippen molar-refractivity contribution < 1.29 is 9.59 Å². The lowest BCUT2D eigenvalue weighted by molar-refractivity contribution is -0.131. The molecule has 0 aliphatic heterocycles. The number of carbonyl (C=O) groups is 2. The third-order valence-electron chi connectivity index (χ3n) is 4.59. The van der Waals surface area contributed by atoms with Crippen molar-refractivity contribution in [2.75, 3.05) is 0 Å². The Morgan fingerprint density at radius 1 is 1.08 bits per heavy atom. The van der Waals surface area contributed by atoms with Gasteiger partial charge in [0.25, 0.3) is 5.91 Å². The fraction of sp³-hybridized carbons (Fsp3) is 0.600. The topological polar surface area (TPSA) is 49.4 Å². The molecule has 1 aliphatic carbocycles. The lowest BCUT2D eigenvalue weighted by Gasteiger charge is -2.36. The summed E-state index contributed by atoms with van der Waals surface area (Å²) in [6, 6.07) is 7.49. The molecule has 1 fully saturated rings. The Morgan fingerprint density at radius 3 is 2.25 bits per heavy atom. The van der Waals surface area contributed by atoms with E-state index in [1.165, 1.54) is 17.9 Å². The fourth-order valence-corrected chi connectivity index (χ4v) is 3.17. The second-order valence-corrected chi connectivity index (χ2v) is 7.85. The predicted octanol–water partition coefficient (Wildman–Crippen LogP) is 4.24. The van der Waals surface area contributed by atoms with Gasteiger partial charge in [0, 0.05) is 11.5 Å². The van der Waals surface area contributed by atoms with Gasteiger partial charge in [-0.2, -0.15) is 0 Å². The first-order chi connectivity index (χ1) is 11.3. The lowest BCUT2D eigenvalue weighted by Crippen LogP contribution is -2.57. The highest BCUT2D eigenvalue weighted by Crippen LogP contribution is 2.24. The van der Waals surface area contributed by atoms with E-state index in [9.17, 15) is 9.59 Å². The van der Waals surface area contributed by atoms with Crippen LogP contribution in [0.5, 0.6) is 0 Å². The van der Waals surface area contributed by atoms with Gasteiger partial charge in [0.1, 0.15) is 0 Å². The van der Waals surface area contributed by atoms with Crippen LogP contribution in [0.15, 0.2) is 24.3 Å². The highest BCUT2D eigenvalue weighted by Gasteiger charge is 2.31. The van der Waals surface area contributed by atoms with E-state index in [2.05, 4.69) is 5.43 Å². The number of hydrogen-bond donors (Lipinski definition) is 1. The SMILES string of the molecule is Cc1cccc(C(=O)N(NC(=O)C2CCCCCC2)C(C)(C)C)c1. The highest BCUT2D eigenvalue weighted by atomic mass is 16.2. The summed E-state index contributed by atoms with van der Waals surface area (Å²) in [6.07, 6.45) is 6.44. The molecule has 2 rings (SSSR count). The third kappa shape index (κ3) is 4.83. The van der Waals surface area contributed by atoms with Crippen molar-refractivity contribution in [3.8, 4) is 0 Å². The molecule has 4 nitrogen and oxygen atoms in total. The number of benzene rings is 1. The quantitative estimate of drug-likeness (QED) is 0.651. The Balaban J connectivity index is 2.16. The Hall–Kier alpha value is -1.84. The molecule has 132 valence electrons. The number of rotatable bonds is 2. The summed E-state index contributed by atoms with van der Waals surface area (Å²) in [6.45, 7) is 7.78. The normalized spacial score (nSPS) is 16.3. The van der Waals surface area contributed by atoms with Gasteiger partial charge in [-0.15, -0.1) is 0 Å². The van der Waals surface area contributed by atoms with Gasteiger partial charge in [-0.05, 0) is 52.7 Å². The molecule has 1 N–H and O–H groups in total. The largest absolute Gasteiger partial charge is 0.273 e. The summed E-state index contributed by atoms with van der Waals surface area (Å²) in [5, 5.41) is 1.50. The fourth-order valence-electron chi connectivity index (χ4n) is 3.17. The van der Waals surface area contributed by atoms with Crippen LogP contribution in [-0.4, -0.2) is 22.4 Å². The molecule has 1 saturated carbocycles. The van der Waals surface area contributed by atoms with Crippen LogP contribution in [0.1, 0.15) is 75.2 Å². The molecule has 0 saturated heterocycles. The summed E-state index contributed by atoms with van der Waals surface area (Å²) in [7, 11) is 0. The highest BCUT2D eigenvalue weighted by molar-refractivity contribution is 5.96. The van der Waals surface area contributed by atoms with Gasteiger partial charge in [0.2, 0.25) is 5.91 Å². The Kier molecular flexibility index (Phi) is 6.03. The summed E-state index contributed by atoms with van der Waals surface area (Å²) < 4.78 is 0. The monoisotopic (exact) mass is 330 g/mol. The van der Waals surface area contributed by atoms with E-state index in [4.69, 9.17) is 0 Å². The van der Waals surface area contributed by atoms with Crippen molar-refractivity contribution >= 4 is 11.8 Å². The molecular weight excluding hydrogens is 300 g/mol. The molecule has 1 aliphatic rings. The van der Waals surface area contributed by atoms with Crippen LogP contribution in [0, 0.1) is 12.8 Å². The van der Waals surface area contributed by atoms with Gasteiger partial charge in [-0.1, -0.05) is 43.4 Å². The van der Waals surface area contributed by atoms with E-state index in [1.54, 1.807) is 6.07 Å². The smallest absolute Gasteiger partial charge is 0.272 e. The Bertz CT molecular complexity index is 582. The van der Waals surface area contributed by atoms with Gasteiger partial charge < -0.3 is 0 Å². The standard InChI is InChI=1S/C20H30N2O2/c1-15-10-9-13-17(14-15)19(24)22(20(2,3)4)21-18(23)16-11-7-5-6-8-12-16/h9-10,13-14,16H,5-8,11-12H2,1-4H3,(H,21,23). The maximum atomic E-state index is 12.9. The minimum absolute atomic E-state index is 0.0164. The Morgan fingerprint density at radius 2 is 1.71 bits per heavy atom. The van der Waals surface area contributed by atoms with Crippen LogP contribution >= 0.6 is 0 Å². The van der Waals surface area contributed by atoms with Gasteiger partial charge in [-0.3, -0.25) is 15.0 Å². The molecule has 0 unspecified atom stereocenters. The first-order valence-corrected chi connectivity index (χ1v) is 9.01. The zero-order valence-corrected chi connectivity index (χ0v) is 15.4. The summed E-state index contributed by atoms with van der Waals surface area (Å²) >= 11 is 0. The van der Waals surface area contributed by atoms with Gasteiger partial charge in [0.05, 0.1) is 5.54 Å². The molecular formula is C20H30N2O2. The van der Waals surface area contributed by atoms with Crippen molar-refractivity contribution in [2.24, 2.45) is 5.92 Å². The van der Waals surface area contributed by atoms with Crippen LogP contribution in [0.25, 0.3) is 0 Å². The minimum atomic E-state index is -0.485. The number of nitrogens with zero attached hydrogens (tertiary/aromatic N) is 1. The molecule has 0 bridgehead atoms. The molecule has 4 heteroatoms. The Labute approximate surface area is 145 Å². The molecule has 2 amide bonds. The van der Waals surface area contributed by atoms with Gasteiger partial charge in [-0.25, -0.2) is 5.01 Å². The molecule has 1 aromatic rings. The van der Waals surface area contributed by atoms with E-state index >= 15 is 0 Å². The molecule has 1 aromatic carbocycles. The van der Waals surface area contributed by atoms with Crippen molar-refractivity contribution in [1.82, 2.24) is 10.4 Å². The zero-order valence-electron chi connectivity index (χ0n) is 15.4. The van der Waals surface area contributed by atoms with Crippen LogP contribution < -0.4 is 5.43 Å². The number of nitrogens with one attached hydrogen (secondary N) is 1. The summed E-state index contributed by atoms with van der Waals surface area (Å²) in [4.78, 5) is 25.6. The van der Waals surface area contributed by atoms with Gasteiger partial charge in [0.15, 0.2) is 0 Å². The molecule has 24 heavy (non-hydrogen) atoms. The maximum absolute atomic E-state index is 12.9. The van der Waals surface area contributed by atoms with Crippen molar-refractivity contribution in [3.05, 3.63) is 35.4 Å². The first kappa shape index (κ1) is 18.5. The van der Waals surface area contributed by atoms with Gasteiger partial charge >= 0.3 is 0 Å². The van der Waals surface area contributed by atoms with Crippen molar-refractivity contribution in [3.63, 3.8) is 0 Å². The third-order valence-corrected chi connectivity index (χ3v) is 4.59. The summed E-state index contributed by atoms with van der Waals surface area (Å²) in [5.41, 5.74) is 4.07. The molecule has 0 atom stereocenters. The van der Waals surface area contributed by atoms with Crippen LogP contribution in [-0.2, 0) is 4.79 Å². The van der Waals surface area contributed by atoms with E-state index < -0.39 is 5.54 Å². The number of carbonyl (C=O) groups excluding carboxylic acids is 2. The first-order valence-electron chi connectivity index (χ1n) is 9.01. The van der Waals surface area contributed by atoms with Crippen LogP contribution in [0.4, 0.5) is 0 Å². The molecule has 0 aromatic heterocycles. The molecule has 0 radical (unpaired) electrons. The van der Waals surface area contributed by atoms with E-state index in [0.29, 0.717) is 5.56 Å². The zero-order chi connectivity index (χ0) is 17.7. The maximum Gasteiger partial charge on any atom is 0.272 e. The predicted molar refractivity (Wildman–Crippen MR) is 96.4 cm³/mol. The average Bonchev–Trinajstić information content (AvgIpc) is 2.80. The van der Waals surface area contributed by atoms with Crippen LogP contribution in [0.3, 0.4) is 0 Å². The number of aryl methyl sites for hydroxylation is 1. The van der Waals surface area contributed by atoms with Crippen molar-refractivity contribution in [1.29, 1.82) is 0 Å². The molecule has 0 heterocycles. The van der Waals surface area contributed by atoms with Crippen molar-refractivity contribution in [2.45, 2.75) is 71.8 Å². The van der Waals surface area contributed by atoms with E-state index in [-0.39, 0.29) is 17.7 Å². The second-order valence-electron chi connectivity index (χ2n) is 7.85. The van der Waals surface area contributed by atoms with E-state index in [1.807, 2.05) is 45.9 Å². The number of hydrazine groups is 1. The van der Waals surface area contributed by atoms with Crippen LogP contribution in [0.2, 0.25) is 0 Å². The average molecular weight is 330 g/mol. The second kappa shape index (κ2) is 7.82. The number of hydrogen-bond acceptors (Lipinski definition) is 2. The summed E-state index contributed by atoms with van der Waals surface area (Å²) in [5.74, 6) is -0.163. The minimum Gasteiger partial charge on any atom is -0.273 e. The number of amides is 2. The van der Waals surface area contributed by atoms with E-state index in [0.717, 1.165) is 31.2 Å². The molecule has 0 spiro atoms. The lowest BCUT2D eigenvalue weighted by atomic mass is 9.99.